The van der Waals surface area contributed by atoms with E-state index in [0.717, 1.165) is 42.4 Å². The van der Waals surface area contributed by atoms with Crippen molar-refractivity contribution in [2.24, 2.45) is 11.8 Å². The molecular formula is C34H31NO6S2. The second-order valence-electron chi connectivity index (χ2n) is 12.8. The van der Waals surface area contributed by atoms with Crippen molar-refractivity contribution in [3.63, 3.8) is 0 Å². The molecule has 3 aromatic rings. The first-order valence-corrected chi connectivity index (χ1v) is 17.8. The number of nitrogens with one attached hydrogen (secondary N) is 1. The average Bonchev–Trinajstić information content (AvgIpc) is 3.64. The number of carbonyl (C=O) groups is 2. The van der Waals surface area contributed by atoms with Crippen molar-refractivity contribution in [3.8, 4) is 5.75 Å². The molecule has 1 N–H and O–H groups in total. The van der Waals surface area contributed by atoms with Crippen molar-refractivity contribution in [2.75, 3.05) is 0 Å². The van der Waals surface area contributed by atoms with Gasteiger partial charge in [0.1, 0.15) is 17.1 Å². The number of esters is 2. The average molecular weight is 614 g/mol. The van der Waals surface area contributed by atoms with E-state index in [-0.39, 0.29) is 29.0 Å². The first kappa shape index (κ1) is 26.3. The molecule has 4 bridgehead atoms. The largest absolute Gasteiger partial charge is 0.459 e. The van der Waals surface area contributed by atoms with E-state index in [1.54, 1.807) is 6.07 Å². The predicted octanol–water partition coefficient (Wildman–Crippen LogP) is 4.46. The van der Waals surface area contributed by atoms with Crippen molar-refractivity contribution < 1.29 is 27.5 Å². The van der Waals surface area contributed by atoms with Crippen molar-refractivity contribution in [1.29, 1.82) is 0 Å². The minimum atomic E-state index is -3.78. The van der Waals surface area contributed by atoms with Crippen LogP contribution in [0.25, 0.3) is 0 Å². The fourth-order valence-electron chi connectivity index (χ4n) is 8.99. The molecule has 3 aromatic carbocycles. The predicted molar refractivity (Wildman–Crippen MR) is 162 cm³/mol. The molecule has 0 saturated carbocycles. The van der Waals surface area contributed by atoms with Crippen LogP contribution in [0.3, 0.4) is 0 Å². The Morgan fingerprint density at radius 3 is 2.26 bits per heavy atom. The molecule has 43 heavy (non-hydrogen) atoms. The number of hydrogen-bond acceptors (Lipinski definition) is 7. The Labute approximate surface area is 254 Å². The van der Waals surface area contributed by atoms with Gasteiger partial charge in [0.2, 0.25) is 10.0 Å². The number of sulfonamides is 1. The van der Waals surface area contributed by atoms with Crippen molar-refractivity contribution in [1.82, 2.24) is 4.72 Å². The van der Waals surface area contributed by atoms with Crippen LogP contribution in [0.2, 0.25) is 0 Å². The van der Waals surface area contributed by atoms with Crippen molar-refractivity contribution >= 4 is 33.7 Å². The smallest absolute Gasteiger partial charge is 0.317 e. The highest BCUT2D eigenvalue weighted by atomic mass is 32.2. The SMILES string of the molecule is O=C(OC1C2NS(=O)(=O)C3C2SC1C3C(=O)Oc1cccc2c1CCCC2)C1CC2c3ccccc3C1c1ccccc12. The molecule has 7 atom stereocenters. The molecule has 0 amide bonds. The number of hydrogen-bond donors (Lipinski definition) is 1. The molecule has 0 radical (unpaired) electrons. The van der Waals surface area contributed by atoms with E-state index in [0.29, 0.717) is 12.2 Å². The highest BCUT2D eigenvalue weighted by Gasteiger charge is 2.72. The van der Waals surface area contributed by atoms with Crippen LogP contribution in [0.1, 0.15) is 64.5 Å². The summed E-state index contributed by atoms with van der Waals surface area (Å²) in [5.41, 5.74) is 7.09. The Kier molecular flexibility index (Phi) is 5.76. The summed E-state index contributed by atoms with van der Waals surface area (Å²) in [5.74, 6) is -1.63. The maximum Gasteiger partial charge on any atom is 0.317 e. The van der Waals surface area contributed by atoms with Gasteiger partial charge >= 0.3 is 11.9 Å². The minimum Gasteiger partial charge on any atom is -0.459 e. The number of benzene rings is 3. The fourth-order valence-corrected chi connectivity index (χ4v) is 13.7. The molecule has 220 valence electrons. The van der Waals surface area contributed by atoms with Crippen LogP contribution in [0.15, 0.2) is 66.7 Å². The van der Waals surface area contributed by atoms with Gasteiger partial charge in [-0.3, -0.25) is 9.59 Å². The third-order valence-corrected chi connectivity index (χ3v) is 14.6. The third-order valence-electron chi connectivity index (χ3n) is 10.7. The normalized spacial score (nSPS) is 35.1. The van der Waals surface area contributed by atoms with E-state index in [1.807, 2.05) is 18.2 Å². The lowest BCUT2D eigenvalue weighted by Gasteiger charge is -2.45. The quantitative estimate of drug-likeness (QED) is 0.343. The molecule has 9 heteroatoms. The number of fused-ring (bicyclic) bond motifs is 3. The molecule has 3 aliphatic heterocycles. The van der Waals surface area contributed by atoms with E-state index in [9.17, 15) is 18.0 Å². The second kappa shape index (κ2) is 9.43. The number of rotatable bonds is 4. The molecule has 3 saturated heterocycles. The molecule has 0 aromatic heterocycles. The summed E-state index contributed by atoms with van der Waals surface area (Å²) >= 11 is 1.46. The van der Waals surface area contributed by atoms with E-state index >= 15 is 0 Å². The topological polar surface area (TPSA) is 98.8 Å². The van der Waals surface area contributed by atoms with E-state index in [4.69, 9.17) is 9.47 Å². The summed E-state index contributed by atoms with van der Waals surface area (Å²) in [5, 5.41) is -1.74. The van der Waals surface area contributed by atoms with Gasteiger partial charge in [0.25, 0.3) is 0 Å². The van der Waals surface area contributed by atoms with Crippen LogP contribution in [0, 0.1) is 11.8 Å². The first-order valence-electron chi connectivity index (χ1n) is 15.3. The van der Waals surface area contributed by atoms with Crippen LogP contribution < -0.4 is 9.46 Å². The zero-order valence-corrected chi connectivity index (χ0v) is 25.0. The molecule has 4 aliphatic carbocycles. The van der Waals surface area contributed by atoms with E-state index in [2.05, 4.69) is 47.2 Å². The van der Waals surface area contributed by atoms with Crippen molar-refractivity contribution in [2.45, 2.75) is 71.8 Å². The summed E-state index contributed by atoms with van der Waals surface area (Å²) in [6.07, 6.45) is 3.84. The Morgan fingerprint density at radius 1 is 0.814 bits per heavy atom. The summed E-state index contributed by atoms with van der Waals surface area (Å²) in [6.45, 7) is 0. The molecule has 0 spiro atoms. The van der Waals surface area contributed by atoms with Gasteiger partial charge in [-0.15, -0.1) is 11.8 Å². The lowest BCUT2D eigenvalue weighted by molar-refractivity contribution is -0.159. The maximum absolute atomic E-state index is 14.1. The summed E-state index contributed by atoms with van der Waals surface area (Å²) in [6, 6.07) is 21.9. The minimum absolute atomic E-state index is 0.109. The van der Waals surface area contributed by atoms with Gasteiger partial charge in [-0.2, -0.15) is 0 Å². The summed E-state index contributed by atoms with van der Waals surface area (Å²) in [7, 11) is -3.78. The van der Waals surface area contributed by atoms with Crippen molar-refractivity contribution in [3.05, 3.63) is 100 Å². The molecular weight excluding hydrogens is 583 g/mol. The second-order valence-corrected chi connectivity index (χ2v) is 16.0. The van der Waals surface area contributed by atoms with Crippen LogP contribution >= 0.6 is 11.8 Å². The number of thioether (sulfide) groups is 1. The van der Waals surface area contributed by atoms with Gasteiger partial charge < -0.3 is 9.47 Å². The molecule has 7 nitrogen and oxygen atoms in total. The lowest BCUT2D eigenvalue weighted by Crippen LogP contribution is -2.52. The Bertz CT molecular complexity index is 1760. The highest BCUT2D eigenvalue weighted by Crippen LogP contribution is 2.59. The number of carbonyl (C=O) groups excluding carboxylic acids is 2. The van der Waals surface area contributed by atoms with Gasteiger partial charge in [-0.05, 0) is 71.6 Å². The van der Waals surface area contributed by atoms with Gasteiger partial charge in [0.05, 0.1) is 23.1 Å². The monoisotopic (exact) mass is 613 g/mol. The third kappa shape index (κ3) is 3.74. The van der Waals surface area contributed by atoms with Crippen LogP contribution in [-0.2, 0) is 37.2 Å². The molecule has 10 rings (SSSR count). The van der Waals surface area contributed by atoms with Gasteiger partial charge in [-0.1, -0.05) is 60.7 Å². The lowest BCUT2D eigenvalue weighted by atomic mass is 9.59. The molecule has 3 heterocycles. The maximum atomic E-state index is 14.1. The number of ether oxygens (including phenoxy) is 2. The Hall–Kier alpha value is -3.14. The standard InChI is InChI=1S/C34H31NO6S2/c36-33(24-16-23-19-11-3-5-13-21(19)26(24)22-14-6-4-12-20(22)23)41-29-28-31-32(43(38,39)35-28)27(30(29)42-31)34(37)40-25-15-7-9-17-8-1-2-10-18(17)25/h3-7,9,11-15,23-24,26-32,35H,1-2,8,10,16H2. The van der Waals surface area contributed by atoms with E-state index in [1.165, 1.54) is 28.5 Å². The Balaban J connectivity index is 1.02. The fraction of sp³-hybridized carbons (Fsp3) is 0.412. The van der Waals surface area contributed by atoms with Crippen LogP contribution in [0.4, 0.5) is 0 Å². The first-order chi connectivity index (χ1) is 20.9. The van der Waals surface area contributed by atoms with Gasteiger partial charge in [0, 0.05) is 17.1 Å². The zero-order valence-electron chi connectivity index (χ0n) is 23.3. The highest BCUT2D eigenvalue weighted by molar-refractivity contribution is 8.03. The van der Waals surface area contributed by atoms with Gasteiger partial charge in [-0.25, -0.2) is 13.1 Å². The molecule has 7 unspecified atom stereocenters. The van der Waals surface area contributed by atoms with Gasteiger partial charge in [0.15, 0.2) is 0 Å². The Morgan fingerprint density at radius 2 is 1.51 bits per heavy atom. The number of aryl methyl sites for hydroxylation is 1. The zero-order chi connectivity index (χ0) is 29.0. The van der Waals surface area contributed by atoms with Crippen LogP contribution in [-0.4, -0.2) is 48.3 Å². The molecule has 3 fully saturated rings. The summed E-state index contributed by atoms with van der Waals surface area (Å²) in [4.78, 5) is 27.9. The van der Waals surface area contributed by atoms with E-state index < -0.39 is 44.6 Å². The molecule has 7 aliphatic rings. The summed E-state index contributed by atoms with van der Waals surface area (Å²) < 4.78 is 41.7. The van der Waals surface area contributed by atoms with Crippen LogP contribution in [0.5, 0.6) is 5.75 Å².